The van der Waals surface area contributed by atoms with Gasteiger partial charge in [-0.25, -0.2) is 4.98 Å². The number of rotatable bonds is 6. The Hall–Kier alpha value is -1.83. The van der Waals surface area contributed by atoms with Gasteiger partial charge in [0.05, 0.1) is 23.7 Å². The van der Waals surface area contributed by atoms with Crippen molar-refractivity contribution in [2.75, 3.05) is 13.1 Å². The number of aromatic nitrogens is 2. The van der Waals surface area contributed by atoms with Gasteiger partial charge in [0, 0.05) is 30.7 Å². The van der Waals surface area contributed by atoms with Gasteiger partial charge in [-0.3, -0.25) is 0 Å². The molecule has 104 valence electrons. The van der Waals surface area contributed by atoms with E-state index in [-0.39, 0.29) is 0 Å². The lowest BCUT2D eigenvalue weighted by molar-refractivity contribution is 0.708. The fourth-order valence-corrected chi connectivity index (χ4v) is 2.20. The number of nitriles is 1. The Labute approximate surface area is 124 Å². The maximum atomic E-state index is 8.82. The molecular weight excluding hydrogens is 272 g/mol. The van der Waals surface area contributed by atoms with Crippen LogP contribution in [-0.2, 0) is 13.0 Å². The fourth-order valence-electron chi connectivity index (χ4n) is 1.96. The second-order valence-electron chi connectivity index (χ2n) is 4.56. The first-order valence-electron chi connectivity index (χ1n) is 6.63. The SMILES string of the molecule is CCNCCc1cn(Cc2ccc(C#N)cc2Cl)cn1. The summed E-state index contributed by atoms with van der Waals surface area (Å²) in [6, 6.07) is 7.45. The van der Waals surface area contributed by atoms with E-state index in [0.29, 0.717) is 17.1 Å². The van der Waals surface area contributed by atoms with E-state index in [1.54, 1.807) is 12.1 Å². The molecule has 4 nitrogen and oxygen atoms in total. The van der Waals surface area contributed by atoms with Crippen molar-refractivity contribution in [3.05, 3.63) is 52.6 Å². The predicted octanol–water partition coefficient (Wildman–Crippen LogP) is 2.61. The van der Waals surface area contributed by atoms with Crippen LogP contribution >= 0.6 is 11.6 Å². The van der Waals surface area contributed by atoms with E-state index in [1.807, 2.05) is 23.2 Å². The van der Waals surface area contributed by atoms with Crippen LogP contribution in [0.1, 0.15) is 23.7 Å². The number of benzene rings is 1. The van der Waals surface area contributed by atoms with Crippen molar-refractivity contribution in [1.29, 1.82) is 5.26 Å². The molecule has 1 aromatic heterocycles. The molecule has 0 fully saturated rings. The van der Waals surface area contributed by atoms with Crippen LogP contribution in [0.2, 0.25) is 5.02 Å². The largest absolute Gasteiger partial charge is 0.333 e. The normalized spacial score (nSPS) is 10.4. The Morgan fingerprint density at radius 1 is 1.45 bits per heavy atom. The van der Waals surface area contributed by atoms with Crippen molar-refractivity contribution in [1.82, 2.24) is 14.9 Å². The maximum absolute atomic E-state index is 8.82. The molecule has 0 unspecified atom stereocenters. The molecule has 5 heteroatoms. The second kappa shape index (κ2) is 7.09. The molecule has 0 saturated carbocycles. The number of nitrogens with zero attached hydrogens (tertiary/aromatic N) is 3. The zero-order valence-corrected chi connectivity index (χ0v) is 12.2. The highest BCUT2D eigenvalue weighted by Crippen LogP contribution is 2.18. The van der Waals surface area contributed by atoms with Crippen LogP contribution in [0.15, 0.2) is 30.7 Å². The standard InChI is InChI=1S/C15H17ClN4/c1-2-18-6-5-14-10-20(11-19-14)9-13-4-3-12(8-17)7-15(13)16/h3-4,7,10-11,18H,2,5-6,9H2,1H3. The molecule has 2 rings (SSSR count). The van der Waals surface area contributed by atoms with Crippen LogP contribution in [-0.4, -0.2) is 22.6 Å². The lowest BCUT2D eigenvalue weighted by Crippen LogP contribution is -2.16. The van der Waals surface area contributed by atoms with E-state index in [1.165, 1.54) is 0 Å². The van der Waals surface area contributed by atoms with Crippen molar-refractivity contribution in [2.45, 2.75) is 19.9 Å². The summed E-state index contributed by atoms with van der Waals surface area (Å²) in [5, 5.41) is 12.7. The number of imidazole rings is 1. The van der Waals surface area contributed by atoms with Crippen molar-refractivity contribution >= 4 is 11.6 Å². The summed E-state index contributed by atoms with van der Waals surface area (Å²) >= 11 is 6.17. The first-order valence-corrected chi connectivity index (χ1v) is 7.00. The summed E-state index contributed by atoms with van der Waals surface area (Å²) in [4.78, 5) is 4.38. The molecule has 0 aliphatic carbocycles. The van der Waals surface area contributed by atoms with Crippen LogP contribution in [0.4, 0.5) is 0 Å². The summed E-state index contributed by atoms with van der Waals surface area (Å²) in [7, 11) is 0. The molecular formula is C15H17ClN4. The van der Waals surface area contributed by atoms with Crippen molar-refractivity contribution in [2.24, 2.45) is 0 Å². The van der Waals surface area contributed by atoms with E-state index in [2.05, 4.69) is 23.3 Å². The molecule has 0 amide bonds. The van der Waals surface area contributed by atoms with E-state index >= 15 is 0 Å². The Balaban J connectivity index is 2.01. The quantitative estimate of drug-likeness (QED) is 0.831. The van der Waals surface area contributed by atoms with Crippen molar-refractivity contribution in [3.8, 4) is 6.07 Å². The third kappa shape index (κ3) is 3.83. The first-order chi connectivity index (χ1) is 9.72. The van der Waals surface area contributed by atoms with Crippen LogP contribution in [0.3, 0.4) is 0 Å². The first kappa shape index (κ1) is 14.6. The Morgan fingerprint density at radius 3 is 3.00 bits per heavy atom. The summed E-state index contributed by atoms with van der Waals surface area (Å²) in [5.41, 5.74) is 2.63. The van der Waals surface area contributed by atoms with Gasteiger partial charge in [-0.1, -0.05) is 24.6 Å². The fraction of sp³-hybridized carbons (Fsp3) is 0.333. The molecule has 0 spiro atoms. The number of likely N-dealkylation sites (N-methyl/N-ethyl adjacent to an activating group) is 1. The molecule has 0 atom stereocenters. The Kier molecular flexibility index (Phi) is 5.16. The van der Waals surface area contributed by atoms with Crippen LogP contribution in [0, 0.1) is 11.3 Å². The van der Waals surface area contributed by atoms with Crippen LogP contribution in [0.25, 0.3) is 0 Å². The lowest BCUT2D eigenvalue weighted by atomic mass is 10.1. The average Bonchev–Trinajstić information content (AvgIpc) is 2.89. The smallest absolute Gasteiger partial charge is 0.0992 e. The summed E-state index contributed by atoms with van der Waals surface area (Å²) in [6.45, 7) is 4.66. The molecule has 0 radical (unpaired) electrons. The summed E-state index contributed by atoms with van der Waals surface area (Å²) in [5.74, 6) is 0. The van der Waals surface area contributed by atoms with Crippen LogP contribution in [0.5, 0.6) is 0 Å². The van der Waals surface area contributed by atoms with Gasteiger partial charge in [0.2, 0.25) is 0 Å². The number of halogens is 1. The predicted molar refractivity (Wildman–Crippen MR) is 79.7 cm³/mol. The molecule has 20 heavy (non-hydrogen) atoms. The molecule has 0 aliphatic heterocycles. The highest BCUT2D eigenvalue weighted by molar-refractivity contribution is 6.31. The minimum Gasteiger partial charge on any atom is -0.333 e. The Morgan fingerprint density at radius 2 is 2.30 bits per heavy atom. The molecule has 0 aliphatic rings. The van der Waals surface area contributed by atoms with Gasteiger partial charge in [-0.05, 0) is 24.2 Å². The maximum Gasteiger partial charge on any atom is 0.0992 e. The second-order valence-corrected chi connectivity index (χ2v) is 4.97. The molecule has 1 heterocycles. The van der Waals surface area contributed by atoms with E-state index in [9.17, 15) is 0 Å². The molecule has 1 N–H and O–H groups in total. The minimum atomic E-state index is 0.579. The number of hydrogen-bond acceptors (Lipinski definition) is 3. The van der Waals surface area contributed by atoms with Crippen molar-refractivity contribution < 1.29 is 0 Å². The molecule has 0 bridgehead atoms. The lowest BCUT2D eigenvalue weighted by Gasteiger charge is -2.05. The minimum absolute atomic E-state index is 0.579. The third-order valence-electron chi connectivity index (χ3n) is 3.03. The number of nitrogens with one attached hydrogen (secondary N) is 1. The van der Waals surface area contributed by atoms with Gasteiger partial charge in [0.1, 0.15) is 0 Å². The van der Waals surface area contributed by atoms with Gasteiger partial charge in [-0.2, -0.15) is 5.26 Å². The van der Waals surface area contributed by atoms with E-state index in [4.69, 9.17) is 16.9 Å². The molecule has 0 saturated heterocycles. The molecule has 2 aromatic rings. The van der Waals surface area contributed by atoms with E-state index < -0.39 is 0 Å². The topological polar surface area (TPSA) is 53.6 Å². The summed E-state index contributed by atoms with van der Waals surface area (Å²) in [6.07, 6.45) is 4.77. The van der Waals surface area contributed by atoms with E-state index in [0.717, 1.165) is 30.8 Å². The summed E-state index contributed by atoms with van der Waals surface area (Å²) < 4.78 is 2.01. The van der Waals surface area contributed by atoms with Crippen molar-refractivity contribution in [3.63, 3.8) is 0 Å². The van der Waals surface area contributed by atoms with Gasteiger partial charge < -0.3 is 9.88 Å². The zero-order valence-electron chi connectivity index (χ0n) is 11.4. The van der Waals surface area contributed by atoms with Gasteiger partial charge >= 0.3 is 0 Å². The van der Waals surface area contributed by atoms with Gasteiger partial charge in [0.15, 0.2) is 0 Å². The van der Waals surface area contributed by atoms with Gasteiger partial charge in [-0.15, -0.1) is 0 Å². The zero-order chi connectivity index (χ0) is 14.4. The molecule has 1 aromatic carbocycles. The highest BCUT2D eigenvalue weighted by atomic mass is 35.5. The number of hydrogen-bond donors (Lipinski definition) is 1. The third-order valence-corrected chi connectivity index (χ3v) is 3.38. The Bertz CT molecular complexity index is 613. The van der Waals surface area contributed by atoms with Crippen LogP contribution < -0.4 is 5.32 Å². The average molecular weight is 289 g/mol. The monoisotopic (exact) mass is 288 g/mol. The highest BCUT2D eigenvalue weighted by Gasteiger charge is 2.04. The van der Waals surface area contributed by atoms with Gasteiger partial charge in [0.25, 0.3) is 0 Å².